The van der Waals surface area contributed by atoms with Crippen LogP contribution in [0.1, 0.15) is 23.6 Å². The van der Waals surface area contributed by atoms with Gasteiger partial charge in [0.25, 0.3) is 0 Å². The van der Waals surface area contributed by atoms with Crippen molar-refractivity contribution in [1.29, 1.82) is 0 Å². The zero-order chi connectivity index (χ0) is 14.7. The van der Waals surface area contributed by atoms with Crippen molar-refractivity contribution in [1.82, 2.24) is 0 Å². The van der Waals surface area contributed by atoms with Gasteiger partial charge in [-0.05, 0) is 46.5 Å². The van der Waals surface area contributed by atoms with Crippen LogP contribution >= 0.6 is 27.7 Å². The Morgan fingerprint density at radius 3 is 2.90 bits per heavy atom. The quantitative estimate of drug-likeness (QED) is 0.808. The Morgan fingerprint density at radius 1 is 1.19 bits per heavy atom. The van der Waals surface area contributed by atoms with E-state index < -0.39 is 0 Å². The molecule has 0 saturated carbocycles. The summed E-state index contributed by atoms with van der Waals surface area (Å²) in [6.07, 6.45) is 2.19. The van der Waals surface area contributed by atoms with Gasteiger partial charge in [-0.1, -0.05) is 30.3 Å². The number of hydrogen-bond donors (Lipinski definition) is 1. The summed E-state index contributed by atoms with van der Waals surface area (Å²) in [5, 5.41) is 0. The summed E-state index contributed by atoms with van der Waals surface area (Å²) < 4.78 is 6.97. The lowest BCUT2D eigenvalue weighted by molar-refractivity contribution is 0.284. The fraction of sp³-hybridized carbons (Fsp3) is 0.294. The van der Waals surface area contributed by atoms with Crippen LogP contribution in [-0.4, -0.2) is 12.4 Å². The van der Waals surface area contributed by atoms with Gasteiger partial charge in [-0.2, -0.15) is 0 Å². The van der Waals surface area contributed by atoms with Crippen molar-refractivity contribution in [2.45, 2.75) is 23.8 Å². The molecule has 1 atom stereocenters. The minimum Gasteiger partial charge on any atom is -0.493 e. The molecule has 1 aliphatic rings. The number of halogens is 1. The van der Waals surface area contributed by atoms with Crippen LogP contribution in [0.25, 0.3) is 0 Å². The van der Waals surface area contributed by atoms with E-state index in [2.05, 4.69) is 46.3 Å². The number of para-hydroxylation sites is 1. The highest BCUT2D eigenvalue weighted by atomic mass is 79.9. The maximum Gasteiger partial charge on any atom is 0.127 e. The lowest BCUT2D eigenvalue weighted by Crippen LogP contribution is -2.18. The maximum absolute atomic E-state index is 6.40. The molecule has 2 N–H and O–H groups in total. The highest BCUT2D eigenvalue weighted by Gasteiger charge is 2.18. The fourth-order valence-electron chi connectivity index (χ4n) is 2.54. The minimum atomic E-state index is -0.0184. The lowest BCUT2D eigenvalue weighted by Gasteiger charge is -2.23. The van der Waals surface area contributed by atoms with Gasteiger partial charge in [0.15, 0.2) is 0 Å². The van der Waals surface area contributed by atoms with Crippen LogP contribution in [0.4, 0.5) is 0 Å². The molecular weight excluding hydrogens is 346 g/mol. The van der Waals surface area contributed by atoms with Crippen LogP contribution in [-0.2, 0) is 6.42 Å². The van der Waals surface area contributed by atoms with Gasteiger partial charge in [-0.3, -0.25) is 0 Å². The molecule has 3 rings (SSSR count). The molecule has 1 unspecified atom stereocenters. The zero-order valence-electron chi connectivity index (χ0n) is 11.7. The molecule has 1 heterocycles. The van der Waals surface area contributed by atoms with E-state index in [0.29, 0.717) is 0 Å². The van der Waals surface area contributed by atoms with Crippen molar-refractivity contribution in [3.8, 4) is 5.75 Å². The molecule has 0 spiro atoms. The first-order valence-corrected chi connectivity index (χ1v) is 8.91. The number of benzene rings is 2. The highest BCUT2D eigenvalue weighted by Crippen LogP contribution is 2.35. The number of fused-ring (bicyclic) bond motifs is 1. The van der Waals surface area contributed by atoms with Crippen LogP contribution in [0, 0.1) is 0 Å². The van der Waals surface area contributed by atoms with Crippen molar-refractivity contribution in [2.75, 3.05) is 12.4 Å². The third kappa shape index (κ3) is 3.44. The average molecular weight is 364 g/mol. The van der Waals surface area contributed by atoms with Gasteiger partial charge in [0.05, 0.1) is 6.61 Å². The van der Waals surface area contributed by atoms with Gasteiger partial charge in [-0.25, -0.2) is 0 Å². The number of aryl methyl sites for hydroxylation is 1. The smallest absolute Gasteiger partial charge is 0.127 e. The summed E-state index contributed by atoms with van der Waals surface area (Å²) >= 11 is 5.35. The molecule has 2 aromatic carbocycles. The summed E-state index contributed by atoms with van der Waals surface area (Å²) in [6, 6.07) is 14.5. The first-order chi connectivity index (χ1) is 10.3. The predicted molar refractivity (Wildman–Crippen MR) is 92.1 cm³/mol. The summed E-state index contributed by atoms with van der Waals surface area (Å²) in [5.41, 5.74) is 8.82. The Bertz CT molecular complexity index is 632. The Balaban J connectivity index is 1.74. The zero-order valence-corrected chi connectivity index (χ0v) is 14.1. The van der Waals surface area contributed by atoms with E-state index in [0.717, 1.165) is 41.0 Å². The molecule has 2 aromatic rings. The molecule has 0 aliphatic carbocycles. The second-order valence-corrected chi connectivity index (χ2v) is 7.05. The predicted octanol–water partition coefficient (Wildman–Crippen LogP) is 4.57. The number of hydrogen-bond acceptors (Lipinski definition) is 3. The van der Waals surface area contributed by atoms with E-state index >= 15 is 0 Å². The highest BCUT2D eigenvalue weighted by molar-refractivity contribution is 9.10. The standard InChI is InChI=1S/C17H18BrNOS/c18-14-8-1-2-9-16(14)21-11-15(19)13-7-3-5-12-6-4-10-20-17(12)13/h1-3,5,7-9,15H,4,6,10-11,19H2. The molecule has 2 nitrogen and oxygen atoms in total. The van der Waals surface area contributed by atoms with Crippen molar-refractivity contribution in [3.63, 3.8) is 0 Å². The van der Waals surface area contributed by atoms with E-state index in [1.807, 2.05) is 12.1 Å². The van der Waals surface area contributed by atoms with Gasteiger partial charge in [0.2, 0.25) is 0 Å². The van der Waals surface area contributed by atoms with Gasteiger partial charge in [-0.15, -0.1) is 11.8 Å². The third-order valence-corrected chi connectivity index (χ3v) is 5.77. The Morgan fingerprint density at radius 2 is 2.05 bits per heavy atom. The number of thioether (sulfide) groups is 1. The van der Waals surface area contributed by atoms with Crippen molar-refractivity contribution in [3.05, 3.63) is 58.1 Å². The number of nitrogens with two attached hydrogens (primary N) is 1. The molecule has 4 heteroatoms. The van der Waals surface area contributed by atoms with Gasteiger partial charge in [0.1, 0.15) is 5.75 Å². The minimum absolute atomic E-state index is 0.0184. The topological polar surface area (TPSA) is 35.2 Å². The molecule has 0 saturated heterocycles. The van der Waals surface area contributed by atoms with Crippen LogP contribution in [0.15, 0.2) is 51.8 Å². The molecule has 0 aromatic heterocycles. The van der Waals surface area contributed by atoms with Gasteiger partial charge < -0.3 is 10.5 Å². The van der Waals surface area contributed by atoms with Crippen LogP contribution in [0.3, 0.4) is 0 Å². The van der Waals surface area contributed by atoms with Crippen LogP contribution in [0.5, 0.6) is 5.75 Å². The van der Waals surface area contributed by atoms with E-state index in [9.17, 15) is 0 Å². The van der Waals surface area contributed by atoms with E-state index in [1.54, 1.807) is 11.8 Å². The van der Waals surface area contributed by atoms with Crippen LogP contribution in [0.2, 0.25) is 0 Å². The van der Waals surface area contributed by atoms with E-state index in [1.165, 1.54) is 10.5 Å². The third-order valence-electron chi connectivity index (χ3n) is 3.62. The SMILES string of the molecule is NC(CSc1ccccc1Br)c1cccc2c1OCCC2. The van der Waals surface area contributed by atoms with Gasteiger partial charge in [0, 0.05) is 26.7 Å². The van der Waals surface area contributed by atoms with Crippen molar-refractivity contribution >= 4 is 27.7 Å². The van der Waals surface area contributed by atoms with Crippen LogP contribution < -0.4 is 10.5 Å². The molecule has 0 radical (unpaired) electrons. The Hall–Kier alpha value is -0.970. The number of rotatable bonds is 4. The Kier molecular flexibility index (Phi) is 4.88. The normalized spacial score (nSPS) is 15.1. The molecule has 0 fully saturated rings. The number of ether oxygens (including phenoxy) is 1. The molecule has 0 amide bonds. The monoisotopic (exact) mass is 363 g/mol. The molecule has 1 aliphatic heterocycles. The van der Waals surface area contributed by atoms with E-state index in [-0.39, 0.29) is 6.04 Å². The fourth-order valence-corrected chi connectivity index (χ4v) is 4.09. The first kappa shape index (κ1) is 14.9. The average Bonchev–Trinajstić information content (AvgIpc) is 2.53. The molecule has 110 valence electrons. The lowest BCUT2D eigenvalue weighted by atomic mass is 9.99. The van der Waals surface area contributed by atoms with Crippen molar-refractivity contribution < 1.29 is 4.74 Å². The largest absolute Gasteiger partial charge is 0.493 e. The summed E-state index contributed by atoms with van der Waals surface area (Å²) in [6.45, 7) is 0.800. The molecular formula is C17H18BrNOS. The van der Waals surface area contributed by atoms with E-state index in [4.69, 9.17) is 10.5 Å². The summed E-state index contributed by atoms with van der Waals surface area (Å²) in [7, 11) is 0. The second-order valence-electron chi connectivity index (χ2n) is 5.14. The Labute approximate surface area is 138 Å². The van der Waals surface area contributed by atoms with Gasteiger partial charge >= 0.3 is 0 Å². The molecule has 0 bridgehead atoms. The summed E-state index contributed by atoms with van der Waals surface area (Å²) in [5.74, 6) is 1.85. The van der Waals surface area contributed by atoms with Crippen molar-refractivity contribution in [2.24, 2.45) is 5.73 Å². The first-order valence-electron chi connectivity index (χ1n) is 7.13. The summed E-state index contributed by atoms with van der Waals surface area (Å²) in [4.78, 5) is 1.22. The molecule has 21 heavy (non-hydrogen) atoms. The second kappa shape index (κ2) is 6.86. The maximum atomic E-state index is 6.40.